The highest BCUT2D eigenvalue weighted by atomic mass is 35.5. The Morgan fingerprint density at radius 1 is 1.29 bits per heavy atom. The molecule has 108 valence electrons. The number of fused-ring (bicyclic) bond motifs is 3. The number of benzene rings is 1. The van der Waals surface area contributed by atoms with Gasteiger partial charge in [0.1, 0.15) is 17.4 Å². The average molecular weight is 303 g/mol. The van der Waals surface area contributed by atoms with Gasteiger partial charge in [0.15, 0.2) is 0 Å². The van der Waals surface area contributed by atoms with E-state index >= 15 is 0 Å². The minimum absolute atomic E-state index is 0.335. The number of pyridine rings is 1. The van der Waals surface area contributed by atoms with Crippen LogP contribution in [0.4, 0.5) is 0 Å². The highest BCUT2D eigenvalue weighted by Crippen LogP contribution is 2.31. The van der Waals surface area contributed by atoms with Crippen LogP contribution in [0, 0.1) is 0 Å². The molecule has 2 heterocycles. The molecule has 2 unspecified atom stereocenters. The van der Waals surface area contributed by atoms with Gasteiger partial charge in [0, 0.05) is 5.39 Å². The summed E-state index contributed by atoms with van der Waals surface area (Å²) in [5.74, 6) is 0.199. The molecule has 0 saturated heterocycles. The van der Waals surface area contributed by atoms with E-state index in [9.17, 15) is 4.79 Å². The van der Waals surface area contributed by atoms with E-state index in [0.717, 1.165) is 16.4 Å². The van der Waals surface area contributed by atoms with Crippen molar-refractivity contribution in [1.29, 1.82) is 0 Å². The summed E-state index contributed by atoms with van der Waals surface area (Å²) in [6.07, 6.45) is 1.70. The Labute approximate surface area is 126 Å². The summed E-state index contributed by atoms with van der Waals surface area (Å²) in [6.45, 7) is 3.57. The van der Waals surface area contributed by atoms with Crippen LogP contribution in [0.1, 0.15) is 31.1 Å². The van der Waals surface area contributed by atoms with Crippen molar-refractivity contribution in [3.63, 3.8) is 0 Å². The van der Waals surface area contributed by atoms with Crippen LogP contribution in [0.5, 0.6) is 0 Å². The van der Waals surface area contributed by atoms with E-state index < -0.39 is 11.9 Å². The summed E-state index contributed by atoms with van der Waals surface area (Å²) in [4.78, 5) is 20.6. The Hall–Kier alpha value is -2.14. The van der Waals surface area contributed by atoms with Crippen LogP contribution in [-0.2, 0) is 4.79 Å². The van der Waals surface area contributed by atoms with Crippen molar-refractivity contribution in [2.75, 3.05) is 0 Å². The molecule has 6 heteroatoms. The second-order valence-electron chi connectivity index (χ2n) is 5.04. The van der Waals surface area contributed by atoms with Crippen LogP contribution in [0.15, 0.2) is 30.5 Å². The zero-order valence-corrected chi connectivity index (χ0v) is 12.5. The number of hydrogen-bond donors (Lipinski definition) is 1. The number of hydrogen-bond acceptors (Lipinski definition) is 3. The van der Waals surface area contributed by atoms with Gasteiger partial charge in [0.05, 0.1) is 22.6 Å². The Bertz CT molecular complexity index is 840. The lowest BCUT2D eigenvalue weighted by atomic mass is 10.2. The normalized spacial score (nSPS) is 14.4. The molecule has 0 aliphatic heterocycles. The zero-order chi connectivity index (χ0) is 15.1. The van der Waals surface area contributed by atoms with Gasteiger partial charge in [-0.15, -0.1) is 11.6 Å². The summed E-state index contributed by atoms with van der Waals surface area (Å²) in [5.41, 5.74) is 7.88. The minimum atomic E-state index is -0.531. The smallest absolute Gasteiger partial charge is 0.240 e. The van der Waals surface area contributed by atoms with E-state index in [-0.39, 0.29) is 5.38 Å². The number of imidazole rings is 1. The zero-order valence-electron chi connectivity index (χ0n) is 11.7. The first-order valence-electron chi connectivity index (χ1n) is 6.69. The van der Waals surface area contributed by atoms with E-state index in [1.165, 1.54) is 0 Å². The fourth-order valence-electron chi connectivity index (χ4n) is 2.54. The number of primary amides is 1. The molecule has 0 saturated carbocycles. The SMILES string of the molecule is CC(Cl)c1nc2cnc3ccccc3c2n1C(C)C(N)=O. The summed E-state index contributed by atoms with van der Waals surface area (Å²) in [6, 6.07) is 7.20. The molecule has 0 fully saturated rings. The maximum Gasteiger partial charge on any atom is 0.240 e. The maximum absolute atomic E-state index is 11.7. The molecule has 0 radical (unpaired) electrons. The van der Waals surface area contributed by atoms with Crippen molar-refractivity contribution in [3.05, 3.63) is 36.3 Å². The van der Waals surface area contributed by atoms with Crippen molar-refractivity contribution in [2.24, 2.45) is 5.73 Å². The predicted molar refractivity (Wildman–Crippen MR) is 83.2 cm³/mol. The Balaban J connectivity index is 2.47. The van der Waals surface area contributed by atoms with Gasteiger partial charge in [-0.1, -0.05) is 18.2 Å². The first kappa shape index (κ1) is 13.8. The summed E-state index contributed by atoms with van der Waals surface area (Å²) < 4.78 is 1.82. The molecule has 0 aliphatic carbocycles. The Kier molecular flexibility index (Phi) is 3.29. The maximum atomic E-state index is 11.7. The standard InChI is InChI=1S/C15H15ClN4O/c1-8(16)15-19-12-7-18-11-6-4-3-5-10(11)13(12)20(15)9(2)14(17)21/h3-9H,1-2H3,(H2,17,21). The minimum Gasteiger partial charge on any atom is -0.368 e. The number of carbonyl (C=O) groups excluding carboxylic acids is 1. The summed E-state index contributed by atoms with van der Waals surface area (Å²) in [5, 5.41) is 0.595. The lowest BCUT2D eigenvalue weighted by molar-refractivity contribution is -0.120. The molecular formula is C15H15ClN4O. The lowest BCUT2D eigenvalue weighted by Crippen LogP contribution is -2.25. The fourth-order valence-corrected chi connectivity index (χ4v) is 2.70. The molecule has 5 nitrogen and oxygen atoms in total. The van der Waals surface area contributed by atoms with Crippen molar-refractivity contribution < 1.29 is 4.79 Å². The topological polar surface area (TPSA) is 73.8 Å². The monoisotopic (exact) mass is 302 g/mol. The third-order valence-corrected chi connectivity index (χ3v) is 3.80. The van der Waals surface area contributed by atoms with E-state index in [4.69, 9.17) is 17.3 Å². The first-order valence-corrected chi connectivity index (χ1v) is 7.13. The number of rotatable bonds is 3. The first-order chi connectivity index (χ1) is 10.0. The van der Waals surface area contributed by atoms with E-state index in [1.807, 2.05) is 35.8 Å². The van der Waals surface area contributed by atoms with Gasteiger partial charge in [-0.25, -0.2) is 4.98 Å². The third-order valence-electron chi connectivity index (χ3n) is 3.61. The quantitative estimate of drug-likeness (QED) is 0.756. The van der Waals surface area contributed by atoms with Crippen LogP contribution < -0.4 is 5.73 Å². The van der Waals surface area contributed by atoms with E-state index in [1.54, 1.807) is 13.1 Å². The second-order valence-corrected chi connectivity index (χ2v) is 5.70. The van der Waals surface area contributed by atoms with Crippen LogP contribution >= 0.6 is 11.6 Å². The van der Waals surface area contributed by atoms with Gasteiger partial charge in [0.2, 0.25) is 5.91 Å². The summed E-state index contributed by atoms with van der Waals surface area (Å²) in [7, 11) is 0. The molecule has 0 aliphatic rings. The van der Waals surface area contributed by atoms with Gasteiger partial charge in [-0.3, -0.25) is 9.78 Å². The van der Waals surface area contributed by atoms with Gasteiger partial charge in [0.25, 0.3) is 0 Å². The number of alkyl halides is 1. The number of aromatic nitrogens is 3. The van der Waals surface area contributed by atoms with Crippen molar-refractivity contribution in [3.8, 4) is 0 Å². The molecular weight excluding hydrogens is 288 g/mol. The Morgan fingerprint density at radius 2 is 2.00 bits per heavy atom. The molecule has 1 aromatic carbocycles. The molecule has 2 atom stereocenters. The molecule has 3 aromatic rings. The number of nitrogens with two attached hydrogens (primary N) is 1. The average Bonchev–Trinajstić information content (AvgIpc) is 2.86. The number of carbonyl (C=O) groups is 1. The molecule has 1 amide bonds. The van der Waals surface area contributed by atoms with Crippen LogP contribution in [0.2, 0.25) is 0 Å². The number of nitrogens with zero attached hydrogens (tertiary/aromatic N) is 3. The second kappa shape index (κ2) is 5.00. The molecule has 0 bridgehead atoms. The van der Waals surface area contributed by atoms with Crippen molar-refractivity contribution in [1.82, 2.24) is 14.5 Å². The van der Waals surface area contributed by atoms with Gasteiger partial charge in [-0.05, 0) is 19.9 Å². The van der Waals surface area contributed by atoms with Crippen LogP contribution in [0.3, 0.4) is 0 Å². The van der Waals surface area contributed by atoms with Gasteiger partial charge < -0.3 is 10.3 Å². The fraction of sp³-hybridized carbons (Fsp3) is 0.267. The van der Waals surface area contributed by atoms with Crippen molar-refractivity contribution in [2.45, 2.75) is 25.3 Å². The molecule has 3 rings (SSSR count). The molecule has 2 N–H and O–H groups in total. The molecule has 0 spiro atoms. The Morgan fingerprint density at radius 3 is 2.67 bits per heavy atom. The van der Waals surface area contributed by atoms with Crippen LogP contribution in [-0.4, -0.2) is 20.4 Å². The molecule has 21 heavy (non-hydrogen) atoms. The highest BCUT2D eigenvalue weighted by Gasteiger charge is 2.23. The number of para-hydroxylation sites is 1. The number of amides is 1. The number of halogens is 1. The third kappa shape index (κ3) is 2.14. The van der Waals surface area contributed by atoms with Gasteiger partial charge in [-0.2, -0.15) is 0 Å². The van der Waals surface area contributed by atoms with Gasteiger partial charge >= 0.3 is 0 Å². The predicted octanol–water partition coefficient (Wildman–Crippen LogP) is 2.93. The summed E-state index contributed by atoms with van der Waals surface area (Å²) >= 11 is 6.22. The van der Waals surface area contributed by atoms with E-state index in [0.29, 0.717) is 11.3 Å². The van der Waals surface area contributed by atoms with Crippen LogP contribution in [0.25, 0.3) is 21.9 Å². The molecule has 2 aromatic heterocycles. The largest absolute Gasteiger partial charge is 0.368 e. The van der Waals surface area contributed by atoms with Crippen molar-refractivity contribution >= 4 is 39.4 Å². The highest BCUT2D eigenvalue weighted by molar-refractivity contribution is 6.20. The van der Waals surface area contributed by atoms with E-state index in [2.05, 4.69) is 9.97 Å². The lowest BCUT2D eigenvalue weighted by Gasteiger charge is -2.16.